The van der Waals surface area contributed by atoms with Gasteiger partial charge in [0.05, 0.1) is 14.2 Å². The molecule has 1 aromatic carbocycles. The SMILES string of the molecule is COC(=O)CN1C(=S)N(C)C(=O)/C1=C\c1ccc(OCC#N)c(OC)c1. The Morgan fingerprint density at radius 2 is 2.08 bits per heavy atom. The molecule has 26 heavy (non-hydrogen) atoms. The van der Waals surface area contributed by atoms with Gasteiger partial charge >= 0.3 is 5.97 Å². The van der Waals surface area contributed by atoms with Gasteiger partial charge in [-0.25, -0.2) is 0 Å². The van der Waals surface area contributed by atoms with Gasteiger partial charge in [0.2, 0.25) is 0 Å². The number of likely N-dealkylation sites (N-methyl/N-ethyl adjacent to an activating group) is 1. The number of nitriles is 1. The fraction of sp³-hybridized carbons (Fsp3) is 0.294. The van der Waals surface area contributed by atoms with Gasteiger partial charge in [-0.05, 0) is 36.0 Å². The second-order valence-corrected chi connectivity index (χ2v) is 5.56. The highest BCUT2D eigenvalue weighted by molar-refractivity contribution is 7.80. The van der Waals surface area contributed by atoms with E-state index in [4.69, 9.17) is 27.0 Å². The third-order valence-corrected chi connectivity index (χ3v) is 4.12. The Morgan fingerprint density at radius 3 is 2.69 bits per heavy atom. The molecule has 0 spiro atoms. The summed E-state index contributed by atoms with van der Waals surface area (Å²) in [7, 11) is 4.27. The number of nitrogens with zero attached hydrogens (tertiary/aromatic N) is 3. The van der Waals surface area contributed by atoms with Crippen molar-refractivity contribution >= 4 is 35.3 Å². The predicted molar refractivity (Wildman–Crippen MR) is 96.2 cm³/mol. The largest absolute Gasteiger partial charge is 0.493 e. The van der Waals surface area contributed by atoms with Crippen LogP contribution in [0.15, 0.2) is 23.9 Å². The summed E-state index contributed by atoms with van der Waals surface area (Å²) in [5, 5.41) is 8.83. The van der Waals surface area contributed by atoms with Crippen LogP contribution in [0, 0.1) is 11.3 Å². The number of hydrogen-bond donors (Lipinski definition) is 0. The second-order valence-electron chi connectivity index (χ2n) is 5.20. The summed E-state index contributed by atoms with van der Waals surface area (Å²) in [6, 6.07) is 6.87. The van der Waals surface area contributed by atoms with E-state index in [2.05, 4.69) is 4.74 Å². The summed E-state index contributed by atoms with van der Waals surface area (Å²) < 4.78 is 15.2. The van der Waals surface area contributed by atoms with Gasteiger partial charge in [0.1, 0.15) is 18.3 Å². The van der Waals surface area contributed by atoms with Gasteiger partial charge in [-0.3, -0.25) is 14.5 Å². The first-order chi connectivity index (χ1) is 12.4. The Morgan fingerprint density at radius 1 is 1.35 bits per heavy atom. The van der Waals surface area contributed by atoms with Crippen LogP contribution in [0.5, 0.6) is 11.5 Å². The molecule has 1 fully saturated rings. The number of ether oxygens (including phenoxy) is 3. The lowest BCUT2D eigenvalue weighted by Crippen LogP contribution is -2.33. The quantitative estimate of drug-likeness (QED) is 0.416. The van der Waals surface area contributed by atoms with Crippen LogP contribution in [0.25, 0.3) is 6.08 Å². The molecule has 0 saturated carbocycles. The topological polar surface area (TPSA) is 92.1 Å². The average Bonchev–Trinajstić information content (AvgIpc) is 2.84. The van der Waals surface area contributed by atoms with Crippen molar-refractivity contribution in [2.24, 2.45) is 0 Å². The van der Waals surface area contributed by atoms with Crippen LogP contribution in [0.3, 0.4) is 0 Å². The van der Waals surface area contributed by atoms with Crippen LogP contribution in [-0.2, 0) is 14.3 Å². The van der Waals surface area contributed by atoms with Gasteiger partial charge in [0, 0.05) is 7.05 Å². The number of thiocarbonyl (C=S) groups is 1. The van der Waals surface area contributed by atoms with Crippen LogP contribution in [0.4, 0.5) is 0 Å². The highest BCUT2D eigenvalue weighted by Gasteiger charge is 2.36. The molecule has 0 atom stereocenters. The molecule has 0 unspecified atom stereocenters. The van der Waals surface area contributed by atoms with Gasteiger partial charge in [0.25, 0.3) is 5.91 Å². The smallest absolute Gasteiger partial charge is 0.325 e. The van der Waals surface area contributed by atoms with Crippen molar-refractivity contribution in [3.05, 3.63) is 29.5 Å². The lowest BCUT2D eigenvalue weighted by Gasteiger charge is -2.17. The molecule has 2 rings (SSSR count). The van der Waals surface area contributed by atoms with Crippen molar-refractivity contribution in [3.63, 3.8) is 0 Å². The van der Waals surface area contributed by atoms with E-state index in [-0.39, 0.29) is 29.9 Å². The first-order valence-electron chi connectivity index (χ1n) is 7.48. The van der Waals surface area contributed by atoms with Gasteiger partial charge in [0.15, 0.2) is 23.2 Å². The van der Waals surface area contributed by atoms with Gasteiger partial charge in [-0.15, -0.1) is 0 Å². The monoisotopic (exact) mass is 375 g/mol. The Kier molecular flexibility index (Phi) is 6.14. The lowest BCUT2D eigenvalue weighted by molar-refractivity contribution is -0.140. The van der Waals surface area contributed by atoms with Crippen LogP contribution >= 0.6 is 12.2 Å². The van der Waals surface area contributed by atoms with E-state index in [1.807, 2.05) is 6.07 Å². The summed E-state index contributed by atoms with van der Waals surface area (Å²) in [5.74, 6) is -0.0228. The van der Waals surface area contributed by atoms with Gasteiger partial charge in [-0.1, -0.05) is 6.07 Å². The van der Waals surface area contributed by atoms with Crippen LogP contribution < -0.4 is 9.47 Å². The van der Waals surface area contributed by atoms with E-state index in [9.17, 15) is 9.59 Å². The first kappa shape index (κ1) is 19.2. The highest BCUT2D eigenvalue weighted by Crippen LogP contribution is 2.30. The number of hydrogen-bond acceptors (Lipinski definition) is 7. The molecule has 1 heterocycles. The highest BCUT2D eigenvalue weighted by atomic mass is 32.1. The number of methoxy groups -OCH3 is 2. The molecule has 0 aliphatic carbocycles. The fourth-order valence-corrected chi connectivity index (χ4v) is 2.55. The van der Waals surface area contributed by atoms with E-state index >= 15 is 0 Å². The lowest BCUT2D eigenvalue weighted by atomic mass is 10.1. The van der Waals surface area contributed by atoms with Crippen molar-refractivity contribution in [2.75, 3.05) is 34.4 Å². The zero-order chi connectivity index (χ0) is 19.3. The minimum Gasteiger partial charge on any atom is -0.493 e. The van der Waals surface area contributed by atoms with Crippen molar-refractivity contribution in [1.82, 2.24) is 9.80 Å². The third kappa shape index (κ3) is 3.92. The summed E-state index contributed by atoms with van der Waals surface area (Å²) in [6.07, 6.45) is 1.59. The fourth-order valence-electron chi connectivity index (χ4n) is 2.31. The maximum absolute atomic E-state index is 12.4. The molecule has 0 radical (unpaired) electrons. The van der Waals surface area contributed by atoms with E-state index in [0.29, 0.717) is 17.1 Å². The summed E-state index contributed by atoms with van der Waals surface area (Å²) in [6.45, 7) is -0.279. The predicted octanol–water partition coefficient (Wildman–Crippen LogP) is 1.17. The second kappa shape index (κ2) is 8.31. The molecule has 1 amide bonds. The Bertz CT molecular complexity index is 815. The van der Waals surface area contributed by atoms with E-state index < -0.39 is 5.97 Å². The number of esters is 1. The molecule has 1 aromatic rings. The van der Waals surface area contributed by atoms with Crippen LogP contribution in [0.2, 0.25) is 0 Å². The average molecular weight is 375 g/mol. The van der Waals surface area contributed by atoms with Crippen molar-refractivity contribution < 1.29 is 23.8 Å². The van der Waals surface area contributed by atoms with E-state index in [1.165, 1.54) is 31.1 Å². The molecular weight excluding hydrogens is 358 g/mol. The van der Waals surface area contributed by atoms with E-state index in [0.717, 1.165) is 0 Å². The molecule has 9 heteroatoms. The number of rotatable bonds is 6. The molecule has 0 bridgehead atoms. The Balaban J connectivity index is 2.38. The molecule has 136 valence electrons. The Hall–Kier alpha value is -3.12. The number of carbonyl (C=O) groups is 2. The minimum atomic E-state index is -0.515. The normalized spacial score (nSPS) is 15.2. The number of benzene rings is 1. The van der Waals surface area contributed by atoms with Crippen LogP contribution in [0.1, 0.15) is 5.56 Å². The Labute approximate surface area is 156 Å². The molecule has 1 saturated heterocycles. The molecule has 1 aliphatic rings. The number of amides is 1. The maximum atomic E-state index is 12.4. The van der Waals surface area contributed by atoms with Crippen molar-refractivity contribution in [1.29, 1.82) is 5.26 Å². The van der Waals surface area contributed by atoms with E-state index in [1.54, 1.807) is 24.3 Å². The van der Waals surface area contributed by atoms with Gasteiger partial charge in [-0.2, -0.15) is 5.26 Å². The molecule has 8 nitrogen and oxygen atoms in total. The van der Waals surface area contributed by atoms with Gasteiger partial charge < -0.3 is 19.1 Å². The summed E-state index contributed by atoms with van der Waals surface area (Å²) >= 11 is 5.22. The molecule has 1 aliphatic heterocycles. The zero-order valence-corrected chi connectivity index (χ0v) is 15.3. The zero-order valence-electron chi connectivity index (χ0n) is 14.5. The summed E-state index contributed by atoms with van der Waals surface area (Å²) in [5.41, 5.74) is 0.887. The standard InChI is InChI=1S/C17H17N3O5S/c1-19-16(22)12(20(17(19)26)10-15(21)24-3)8-11-4-5-13(25-7-6-18)14(9-11)23-2/h4-5,8-9H,7,10H2,1-3H3/b12-8+. The maximum Gasteiger partial charge on any atom is 0.325 e. The number of carbonyl (C=O) groups excluding carboxylic acids is 2. The minimum absolute atomic E-state index is 0.110. The summed E-state index contributed by atoms with van der Waals surface area (Å²) in [4.78, 5) is 26.8. The third-order valence-electron chi connectivity index (χ3n) is 3.63. The first-order valence-corrected chi connectivity index (χ1v) is 7.89. The van der Waals surface area contributed by atoms with Crippen LogP contribution in [-0.4, -0.2) is 61.2 Å². The molecule has 0 aromatic heterocycles. The molecular formula is C17H17N3O5S. The van der Waals surface area contributed by atoms with Crippen molar-refractivity contribution in [3.8, 4) is 17.6 Å². The molecule has 0 N–H and O–H groups in total. The van der Waals surface area contributed by atoms with Crippen molar-refractivity contribution in [2.45, 2.75) is 0 Å².